The molecule has 0 saturated carbocycles. The summed E-state index contributed by atoms with van der Waals surface area (Å²) in [7, 11) is 0. The maximum atomic E-state index is 13.0. The maximum Gasteiger partial charge on any atom is 0.272 e. The third-order valence-corrected chi connectivity index (χ3v) is 6.48. The van der Waals surface area contributed by atoms with Crippen molar-refractivity contribution in [2.45, 2.75) is 20.8 Å². The number of carbonyl (C=O) groups excluding carboxylic acids is 1. The van der Waals surface area contributed by atoms with Gasteiger partial charge in [0.25, 0.3) is 5.91 Å². The van der Waals surface area contributed by atoms with Crippen LogP contribution < -0.4 is 4.90 Å². The van der Waals surface area contributed by atoms with Crippen molar-refractivity contribution in [2.75, 3.05) is 31.1 Å². The minimum Gasteiger partial charge on any atom is -0.352 e. The van der Waals surface area contributed by atoms with Crippen LogP contribution in [0.5, 0.6) is 0 Å². The molecule has 6 heteroatoms. The number of amides is 1. The summed E-state index contributed by atoms with van der Waals surface area (Å²) in [6.45, 7) is 9.06. The number of para-hydroxylation sites is 1. The standard InChI is InChI=1S/C27H27N5O/c1-18-16-20(3)22(17-19(18)2)24-10-11-26(30-29-24)31-12-14-32(15-13-31)27(33)25-9-8-21-6-4-5-7-23(21)28-25/h4-11,16-17H,12-15H2,1-3H3. The minimum atomic E-state index is -0.0212. The van der Waals surface area contributed by atoms with E-state index in [2.05, 4.69) is 53.0 Å². The monoisotopic (exact) mass is 437 g/mol. The number of nitrogens with zero attached hydrogens (tertiary/aromatic N) is 5. The summed E-state index contributed by atoms with van der Waals surface area (Å²) in [4.78, 5) is 21.6. The number of fused-ring (bicyclic) bond motifs is 1. The van der Waals surface area contributed by atoms with Crippen LogP contribution >= 0.6 is 0 Å². The van der Waals surface area contributed by atoms with Crippen LogP contribution in [0, 0.1) is 20.8 Å². The number of aromatic nitrogens is 3. The first-order chi connectivity index (χ1) is 16.0. The van der Waals surface area contributed by atoms with Gasteiger partial charge in [0, 0.05) is 37.1 Å². The fourth-order valence-corrected chi connectivity index (χ4v) is 4.36. The van der Waals surface area contributed by atoms with Gasteiger partial charge in [-0.3, -0.25) is 4.79 Å². The SMILES string of the molecule is Cc1cc(C)c(-c2ccc(N3CCN(C(=O)c4ccc5ccccc5n4)CC3)nn2)cc1C. The molecule has 0 aliphatic carbocycles. The number of piperazine rings is 1. The summed E-state index contributed by atoms with van der Waals surface area (Å²) in [5, 5.41) is 10.0. The van der Waals surface area contributed by atoms with Gasteiger partial charge in [-0.05, 0) is 67.8 Å². The molecule has 166 valence electrons. The molecule has 0 atom stereocenters. The van der Waals surface area contributed by atoms with E-state index in [0.717, 1.165) is 41.1 Å². The Labute approximate surface area is 193 Å². The van der Waals surface area contributed by atoms with E-state index in [0.29, 0.717) is 18.8 Å². The number of carbonyl (C=O) groups is 1. The zero-order valence-corrected chi connectivity index (χ0v) is 19.2. The van der Waals surface area contributed by atoms with Gasteiger partial charge in [0.2, 0.25) is 0 Å². The highest BCUT2D eigenvalue weighted by atomic mass is 16.2. The lowest BCUT2D eigenvalue weighted by atomic mass is 9.99. The van der Waals surface area contributed by atoms with Gasteiger partial charge in [-0.2, -0.15) is 0 Å². The fraction of sp³-hybridized carbons (Fsp3) is 0.259. The van der Waals surface area contributed by atoms with Crippen LogP contribution in [-0.2, 0) is 0 Å². The Kier molecular flexibility index (Phi) is 5.50. The van der Waals surface area contributed by atoms with E-state index in [1.807, 2.05) is 53.4 Å². The second kappa shape index (κ2) is 8.62. The summed E-state index contributed by atoms with van der Waals surface area (Å²) in [5.74, 6) is 0.822. The molecule has 1 saturated heterocycles. The number of anilines is 1. The Bertz CT molecular complexity index is 1320. The molecule has 1 amide bonds. The first-order valence-corrected chi connectivity index (χ1v) is 11.3. The Hall–Kier alpha value is -3.80. The molecule has 5 rings (SSSR count). The molecule has 1 aliphatic heterocycles. The second-order valence-corrected chi connectivity index (χ2v) is 8.70. The van der Waals surface area contributed by atoms with Crippen LogP contribution in [0.2, 0.25) is 0 Å². The summed E-state index contributed by atoms with van der Waals surface area (Å²) < 4.78 is 0. The number of pyridine rings is 1. The average molecular weight is 438 g/mol. The van der Waals surface area contributed by atoms with Gasteiger partial charge in [-0.25, -0.2) is 4.98 Å². The maximum absolute atomic E-state index is 13.0. The van der Waals surface area contributed by atoms with Crippen molar-refractivity contribution in [3.05, 3.63) is 83.0 Å². The summed E-state index contributed by atoms with van der Waals surface area (Å²) in [5.41, 5.74) is 7.09. The first-order valence-electron chi connectivity index (χ1n) is 11.3. The van der Waals surface area contributed by atoms with E-state index in [1.54, 1.807) is 0 Å². The van der Waals surface area contributed by atoms with Crippen LogP contribution in [-0.4, -0.2) is 52.2 Å². The third kappa shape index (κ3) is 4.16. The molecular formula is C27H27N5O. The van der Waals surface area contributed by atoms with Gasteiger partial charge >= 0.3 is 0 Å². The number of hydrogen-bond donors (Lipinski definition) is 0. The first kappa shape index (κ1) is 21.1. The van der Waals surface area contributed by atoms with Gasteiger partial charge < -0.3 is 9.80 Å². The normalized spacial score (nSPS) is 14.0. The van der Waals surface area contributed by atoms with E-state index in [-0.39, 0.29) is 5.91 Å². The lowest BCUT2D eigenvalue weighted by molar-refractivity contribution is 0.0741. The van der Waals surface area contributed by atoms with Crippen molar-refractivity contribution in [1.29, 1.82) is 0 Å². The molecule has 0 bridgehead atoms. The molecule has 0 spiro atoms. The quantitative estimate of drug-likeness (QED) is 0.470. The molecule has 2 aromatic carbocycles. The van der Waals surface area contributed by atoms with Gasteiger partial charge in [0.15, 0.2) is 5.82 Å². The van der Waals surface area contributed by atoms with Crippen molar-refractivity contribution < 1.29 is 4.79 Å². The Morgan fingerprint density at radius 3 is 2.30 bits per heavy atom. The molecule has 0 unspecified atom stereocenters. The number of aryl methyl sites for hydroxylation is 3. The number of benzene rings is 2. The summed E-state index contributed by atoms with van der Waals surface area (Å²) in [6, 6.07) is 20.1. The van der Waals surface area contributed by atoms with E-state index < -0.39 is 0 Å². The fourth-order valence-electron chi connectivity index (χ4n) is 4.36. The van der Waals surface area contributed by atoms with Gasteiger partial charge in [0.1, 0.15) is 5.69 Å². The predicted octanol–water partition coefficient (Wildman–Crippen LogP) is 4.58. The highest BCUT2D eigenvalue weighted by Crippen LogP contribution is 2.26. The Morgan fingerprint density at radius 2 is 1.55 bits per heavy atom. The molecule has 2 aromatic heterocycles. The van der Waals surface area contributed by atoms with Gasteiger partial charge in [0.05, 0.1) is 11.2 Å². The average Bonchev–Trinajstić information content (AvgIpc) is 2.86. The topological polar surface area (TPSA) is 62.2 Å². The molecule has 0 N–H and O–H groups in total. The van der Waals surface area contributed by atoms with Crippen LogP contribution in [0.1, 0.15) is 27.2 Å². The van der Waals surface area contributed by atoms with E-state index in [9.17, 15) is 4.79 Å². The molecule has 1 aliphatic rings. The lowest BCUT2D eigenvalue weighted by Gasteiger charge is -2.35. The van der Waals surface area contributed by atoms with E-state index in [1.165, 1.54) is 16.7 Å². The van der Waals surface area contributed by atoms with Crippen LogP contribution in [0.3, 0.4) is 0 Å². The summed E-state index contributed by atoms with van der Waals surface area (Å²) in [6.07, 6.45) is 0. The highest BCUT2D eigenvalue weighted by molar-refractivity contribution is 5.95. The smallest absolute Gasteiger partial charge is 0.272 e. The molecular weight excluding hydrogens is 410 g/mol. The predicted molar refractivity (Wildman–Crippen MR) is 132 cm³/mol. The Balaban J connectivity index is 1.26. The zero-order chi connectivity index (χ0) is 22.9. The molecule has 6 nitrogen and oxygen atoms in total. The zero-order valence-electron chi connectivity index (χ0n) is 19.2. The summed E-state index contributed by atoms with van der Waals surface area (Å²) >= 11 is 0. The van der Waals surface area contributed by atoms with Crippen molar-refractivity contribution in [2.24, 2.45) is 0 Å². The van der Waals surface area contributed by atoms with Crippen LogP contribution in [0.25, 0.3) is 22.2 Å². The third-order valence-electron chi connectivity index (χ3n) is 6.48. The highest BCUT2D eigenvalue weighted by Gasteiger charge is 2.24. The number of rotatable bonds is 3. The second-order valence-electron chi connectivity index (χ2n) is 8.70. The van der Waals surface area contributed by atoms with Gasteiger partial charge in [-0.15, -0.1) is 10.2 Å². The molecule has 0 radical (unpaired) electrons. The molecule has 33 heavy (non-hydrogen) atoms. The van der Waals surface area contributed by atoms with Crippen molar-refractivity contribution >= 4 is 22.6 Å². The van der Waals surface area contributed by atoms with E-state index >= 15 is 0 Å². The van der Waals surface area contributed by atoms with Crippen LogP contribution in [0.4, 0.5) is 5.82 Å². The number of hydrogen-bond acceptors (Lipinski definition) is 5. The van der Waals surface area contributed by atoms with Crippen molar-refractivity contribution in [1.82, 2.24) is 20.1 Å². The van der Waals surface area contributed by atoms with Gasteiger partial charge in [-0.1, -0.05) is 30.3 Å². The molecule has 3 heterocycles. The Morgan fingerprint density at radius 1 is 0.788 bits per heavy atom. The van der Waals surface area contributed by atoms with Crippen molar-refractivity contribution in [3.63, 3.8) is 0 Å². The van der Waals surface area contributed by atoms with E-state index in [4.69, 9.17) is 0 Å². The lowest BCUT2D eigenvalue weighted by Crippen LogP contribution is -2.49. The van der Waals surface area contributed by atoms with Crippen molar-refractivity contribution in [3.8, 4) is 11.3 Å². The molecule has 1 fully saturated rings. The molecule has 4 aromatic rings. The largest absolute Gasteiger partial charge is 0.352 e. The minimum absolute atomic E-state index is 0.0212. The van der Waals surface area contributed by atoms with Crippen LogP contribution in [0.15, 0.2) is 60.7 Å².